The maximum Gasteiger partial charge on any atom is 0.393 e. The van der Waals surface area contributed by atoms with Crippen LogP contribution in [0.25, 0.3) is 0 Å². The van der Waals surface area contributed by atoms with Crippen molar-refractivity contribution < 1.29 is 52.7 Å². The summed E-state index contributed by atoms with van der Waals surface area (Å²) in [7, 11) is -5.00. The first-order valence-corrected chi connectivity index (χ1v) is 17.9. The molecule has 0 bridgehead atoms. The van der Waals surface area contributed by atoms with Gasteiger partial charge in [-0.05, 0) is 24.3 Å². The van der Waals surface area contributed by atoms with Gasteiger partial charge in [0.1, 0.15) is 36.4 Å². The Morgan fingerprint density at radius 1 is 0.694 bits per heavy atom. The molecule has 2 heterocycles. The summed E-state index contributed by atoms with van der Waals surface area (Å²) in [5.41, 5.74) is -0.574. The van der Waals surface area contributed by atoms with Gasteiger partial charge in [-0.3, -0.25) is 18.6 Å². The first kappa shape index (κ1) is 41.5. The molecule has 2 aliphatic heterocycles. The molecule has 21 heteroatoms. The number of benzene rings is 2. The lowest BCUT2D eigenvalue weighted by Crippen LogP contribution is -2.28. The van der Waals surface area contributed by atoms with Crippen LogP contribution in [0.1, 0.15) is 11.1 Å². The van der Waals surface area contributed by atoms with Crippen LogP contribution in [-0.2, 0) is 32.9 Å². The largest absolute Gasteiger partial charge is 0.485 e. The molecule has 2 aliphatic rings. The van der Waals surface area contributed by atoms with E-state index in [2.05, 4.69) is 20.6 Å². The van der Waals surface area contributed by atoms with E-state index >= 15 is 0 Å². The van der Waals surface area contributed by atoms with E-state index in [0.717, 1.165) is 21.1 Å². The number of amidine groups is 2. The number of rotatable bonds is 12. The minimum atomic E-state index is -4.50. The first-order chi connectivity index (χ1) is 22.2. The smallest absolute Gasteiger partial charge is 0.393 e. The van der Waals surface area contributed by atoms with Crippen molar-refractivity contribution in [3.63, 3.8) is 0 Å². The van der Waals surface area contributed by atoms with Crippen molar-refractivity contribution in [1.29, 1.82) is 0 Å². The van der Waals surface area contributed by atoms with E-state index in [1.165, 1.54) is 50.5 Å². The Morgan fingerprint density at radius 3 is 1.31 bits per heavy atom. The highest BCUT2D eigenvalue weighted by molar-refractivity contribution is 7.92. The van der Waals surface area contributed by atoms with Crippen LogP contribution in [0, 0.1) is 0 Å². The number of aliphatic imine (C=N–C) groups is 2. The number of ether oxygens (including phenoxy) is 2. The lowest BCUT2D eigenvalue weighted by molar-refractivity contribution is -0.128. The third kappa shape index (κ3) is 13.0. The highest BCUT2D eigenvalue weighted by Crippen LogP contribution is 2.37. The quantitative estimate of drug-likeness (QED) is 0.313. The van der Waals surface area contributed by atoms with Crippen LogP contribution in [0.5, 0.6) is 11.5 Å². The third-order valence-corrected chi connectivity index (χ3v) is 9.24. The summed E-state index contributed by atoms with van der Waals surface area (Å²) < 4.78 is 137. The van der Waals surface area contributed by atoms with E-state index in [1.807, 2.05) is 0 Å². The number of hydrogen-bond donors (Lipinski definition) is 2. The summed E-state index contributed by atoms with van der Waals surface area (Å²) in [5.74, 6) is 1.07. The molecule has 0 saturated heterocycles. The van der Waals surface area contributed by atoms with Gasteiger partial charge in [-0.15, -0.1) is 12.4 Å². The standard InChI is InChI=1S/2C14H18F3N3O3S.ClH/c2*1-20(24(2,21)22)11-4-3-5-12(10(11)8-14(15,16)17)23-9-13-18-6-7-19-13;/h2*3-5H,6-9H2,1-2H3,(H,18,19);1H. The molecule has 12 nitrogen and oxygen atoms in total. The lowest BCUT2D eigenvalue weighted by atomic mass is 10.1. The SMILES string of the molecule is CN(c1cccc(OCC2=NCCN2)c1CC(F)(F)F)S(C)(=O)=O.CN(c1cccc(OCC2=NCCN2)c1CC(F)(F)F)S(C)(=O)=O.Cl. The average molecular weight is 767 g/mol. The van der Waals surface area contributed by atoms with Gasteiger partial charge in [0, 0.05) is 38.3 Å². The maximum atomic E-state index is 12.9. The molecular formula is C28H37ClF6N6O6S2. The zero-order valence-electron chi connectivity index (χ0n) is 26.9. The summed E-state index contributed by atoms with van der Waals surface area (Å²) in [6.45, 7) is 2.49. The van der Waals surface area contributed by atoms with E-state index in [1.54, 1.807) is 0 Å². The van der Waals surface area contributed by atoms with Crippen LogP contribution < -0.4 is 28.7 Å². The van der Waals surface area contributed by atoms with Crippen molar-refractivity contribution in [2.45, 2.75) is 25.2 Å². The van der Waals surface area contributed by atoms with Gasteiger partial charge in [-0.2, -0.15) is 26.3 Å². The molecule has 0 aromatic heterocycles. The number of sulfonamides is 2. The minimum Gasteiger partial charge on any atom is -0.485 e. The van der Waals surface area contributed by atoms with E-state index in [4.69, 9.17) is 9.47 Å². The zero-order chi connectivity index (χ0) is 35.9. The second-order valence-electron chi connectivity index (χ2n) is 10.6. The topological polar surface area (TPSA) is 142 Å². The Bertz CT molecular complexity index is 1600. The summed E-state index contributed by atoms with van der Waals surface area (Å²) in [4.78, 5) is 8.21. The molecule has 4 rings (SSSR count). The summed E-state index contributed by atoms with van der Waals surface area (Å²) in [6.07, 6.45) is -9.74. The maximum absolute atomic E-state index is 12.9. The molecule has 0 atom stereocenters. The Hall–Kier alpha value is -3.65. The molecule has 0 amide bonds. The fourth-order valence-corrected chi connectivity index (χ4v) is 5.52. The van der Waals surface area contributed by atoms with Crippen LogP contribution in [0.2, 0.25) is 0 Å². The van der Waals surface area contributed by atoms with Crippen LogP contribution in [-0.4, -0.2) is 107 Å². The number of nitrogens with zero attached hydrogens (tertiary/aromatic N) is 4. The highest BCUT2D eigenvalue weighted by Gasteiger charge is 2.34. The van der Waals surface area contributed by atoms with Gasteiger partial charge < -0.3 is 20.1 Å². The van der Waals surface area contributed by atoms with Crippen molar-refractivity contribution in [3.8, 4) is 11.5 Å². The van der Waals surface area contributed by atoms with E-state index in [-0.39, 0.29) is 59.6 Å². The van der Waals surface area contributed by atoms with Crippen molar-refractivity contribution in [2.24, 2.45) is 9.98 Å². The van der Waals surface area contributed by atoms with Gasteiger partial charge in [0.2, 0.25) is 20.0 Å². The van der Waals surface area contributed by atoms with Gasteiger partial charge in [0.05, 0.1) is 49.8 Å². The van der Waals surface area contributed by atoms with Crippen LogP contribution in [0.3, 0.4) is 0 Å². The van der Waals surface area contributed by atoms with Gasteiger partial charge in [0.15, 0.2) is 0 Å². The predicted octanol–water partition coefficient (Wildman–Crippen LogP) is 3.56. The highest BCUT2D eigenvalue weighted by atomic mass is 35.5. The Balaban J connectivity index is 0.000000333. The molecule has 2 N–H and O–H groups in total. The monoisotopic (exact) mass is 766 g/mol. The number of nitrogens with one attached hydrogen (secondary N) is 2. The summed E-state index contributed by atoms with van der Waals surface area (Å²) in [6, 6.07) is 8.32. The second-order valence-corrected chi connectivity index (χ2v) is 14.7. The number of hydrogen-bond acceptors (Lipinski definition) is 10. The Labute approximate surface area is 287 Å². The fourth-order valence-electron chi connectivity index (χ4n) is 4.46. The van der Waals surface area contributed by atoms with Gasteiger partial charge in [0.25, 0.3) is 0 Å². The van der Waals surface area contributed by atoms with E-state index < -0.39 is 45.2 Å². The Morgan fingerprint density at radius 2 is 1.04 bits per heavy atom. The molecule has 2 aromatic rings. The molecule has 276 valence electrons. The number of alkyl halides is 6. The van der Waals surface area contributed by atoms with Crippen molar-refractivity contribution in [2.75, 3.05) is 74.6 Å². The minimum absolute atomic E-state index is 0. The van der Waals surface area contributed by atoms with E-state index in [9.17, 15) is 43.2 Å². The van der Waals surface area contributed by atoms with Crippen LogP contribution in [0.4, 0.5) is 37.7 Å². The zero-order valence-corrected chi connectivity index (χ0v) is 29.3. The molecule has 0 aliphatic carbocycles. The second kappa shape index (κ2) is 16.8. The van der Waals surface area contributed by atoms with Gasteiger partial charge >= 0.3 is 12.4 Å². The molecule has 0 spiro atoms. The molecule has 0 unspecified atom stereocenters. The molecule has 0 saturated carbocycles. The number of halogens is 7. The summed E-state index contributed by atoms with van der Waals surface area (Å²) >= 11 is 0. The fraction of sp³-hybridized carbons (Fsp3) is 0.500. The van der Waals surface area contributed by atoms with Crippen molar-refractivity contribution in [3.05, 3.63) is 47.5 Å². The third-order valence-electron chi connectivity index (χ3n) is 6.86. The van der Waals surface area contributed by atoms with Crippen molar-refractivity contribution >= 4 is 55.5 Å². The van der Waals surface area contributed by atoms with Crippen molar-refractivity contribution in [1.82, 2.24) is 10.6 Å². The first-order valence-electron chi connectivity index (χ1n) is 14.2. The van der Waals surface area contributed by atoms with E-state index in [0.29, 0.717) is 37.9 Å². The predicted molar refractivity (Wildman–Crippen MR) is 178 cm³/mol. The summed E-state index contributed by atoms with van der Waals surface area (Å²) in [5, 5.41) is 5.91. The van der Waals surface area contributed by atoms with Gasteiger partial charge in [-0.25, -0.2) is 16.8 Å². The van der Waals surface area contributed by atoms with Crippen LogP contribution in [0.15, 0.2) is 46.4 Å². The molecule has 0 radical (unpaired) electrons. The van der Waals surface area contributed by atoms with Gasteiger partial charge in [-0.1, -0.05) is 12.1 Å². The molecule has 2 aromatic carbocycles. The van der Waals surface area contributed by atoms with Crippen LogP contribution >= 0.6 is 12.4 Å². The average Bonchev–Trinajstić information content (AvgIpc) is 3.68. The lowest BCUT2D eigenvalue weighted by Gasteiger charge is -2.23. The number of anilines is 2. The Kier molecular flexibility index (Phi) is 14.3. The molecule has 0 fully saturated rings. The molecular weight excluding hydrogens is 730 g/mol. The molecule has 49 heavy (non-hydrogen) atoms. The normalized spacial score (nSPS) is 14.7.